The largest absolute Gasteiger partial charge is 0.378 e. The summed E-state index contributed by atoms with van der Waals surface area (Å²) in [5, 5.41) is 1.19. The second-order valence-electron chi connectivity index (χ2n) is 6.00. The minimum atomic E-state index is 0.353. The first-order valence-electron chi connectivity index (χ1n) is 7.60. The molecule has 0 spiro atoms. The van der Waals surface area contributed by atoms with Gasteiger partial charge in [0.25, 0.3) is 0 Å². The summed E-state index contributed by atoms with van der Waals surface area (Å²) in [6, 6.07) is 0. The normalized spacial score (nSPS) is 44.3. The number of ketones is 1. The molecular formula is C15H24O2S. The Kier molecular flexibility index (Phi) is 4.00. The van der Waals surface area contributed by atoms with Crippen molar-refractivity contribution in [2.24, 2.45) is 11.8 Å². The zero-order valence-electron chi connectivity index (χ0n) is 11.3. The molecule has 2 aliphatic carbocycles. The third kappa shape index (κ3) is 2.36. The zero-order chi connectivity index (χ0) is 12.5. The van der Waals surface area contributed by atoms with Gasteiger partial charge in [-0.1, -0.05) is 12.8 Å². The molecule has 3 heteroatoms. The molecule has 2 saturated carbocycles. The fraction of sp³-hybridized carbons (Fsp3) is 0.933. The molecule has 102 valence electrons. The van der Waals surface area contributed by atoms with E-state index >= 15 is 0 Å². The van der Waals surface area contributed by atoms with Gasteiger partial charge in [0.1, 0.15) is 5.78 Å². The predicted octanol–water partition coefficient (Wildman–Crippen LogP) is 3.43. The monoisotopic (exact) mass is 268 g/mol. The third-order valence-corrected chi connectivity index (χ3v) is 6.71. The fourth-order valence-electron chi connectivity index (χ4n) is 4.04. The number of carbonyl (C=O) groups excluding carboxylic acids is 1. The van der Waals surface area contributed by atoms with Gasteiger partial charge >= 0.3 is 0 Å². The Bertz CT molecular complexity index is 318. The first kappa shape index (κ1) is 13.0. The van der Waals surface area contributed by atoms with Crippen molar-refractivity contribution >= 4 is 17.5 Å². The Balaban J connectivity index is 1.69. The van der Waals surface area contributed by atoms with E-state index in [1.54, 1.807) is 0 Å². The smallest absolute Gasteiger partial charge is 0.141 e. The lowest BCUT2D eigenvalue weighted by Crippen LogP contribution is -2.47. The van der Waals surface area contributed by atoms with Crippen LogP contribution in [0.25, 0.3) is 0 Å². The van der Waals surface area contributed by atoms with Crippen molar-refractivity contribution in [2.45, 2.75) is 68.5 Å². The van der Waals surface area contributed by atoms with E-state index < -0.39 is 0 Å². The van der Waals surface area contributed by atoms with Gasteiger partial charge in [-0.15, -0.1) is 0 Å². The quantitative estimate of drug-likeness (QED) is 0.767. The number of thioether (sulfide) groups is 1. The van der Waals surface area contributed by atoms with Crippen molar-refractivity contribution in [3.05, 3.63) is 0 Å². The summed E-state index contributed by atoms with van der Waals surface area (Å²) in [7, 11) is 0. The number of hydrogen-bond donors (Lipinski definition) is 0. The van der Waals surface area contributed by atoms with Crippen molar-refractivity contribution in [3.63, 3.8) is 0 Å². The van der Waals surface area contributed by atoms with Crippen LogP contribution in [0, 0.1) is 11.8 Å². The van der Waals surface area contributed by atoms with Crippen molar-refractivity contribution in [3.8, 4) is 0 Å². The molecule has 1 saturated heterocycles. The molecule has 2 nitrogen and oxygen atoms in total. The Morgan fingerprint density at radius 1 is 1.11 bits per heavy atom. The van der Waals surface area contributed by atoms with E-state index in [2.05, 4.69) is 18.7 Å². The van der Waals surface area contributed by atoms with E-state index in [0.717, 1.165) is 32.3 Å². The number of Topliss-reactive ketones (excluding diaryl/α,β-unsaturated/α-hetero) is 1. The van der Waals surface area contributed by atoms with Crippen LogP contribution < -0.4 is 0 Å². The zero-order valence-corrected chi connectivity index (χ0v) is 12.1. The van der Waals surface area contributed by atoms with Crippen LogP contribution in [0.15, 0.2) is 0 Å². The molecule has 18 heavy (non-hydrogen) atoms. The number of rotatable bonds is 2. The molecule has 0 aromatic carbocycles. The van der Waals surface area contributed by atoms with Crippen LogP contribution >= 0.6 is 11.8 Å². The van der Waals surface area contributed by atoms with Crippen LogP contribution in [0.2, 0.25) is 0 Å². The molecule has 5 unspecified atom stereocenters. The second-order valence-corrected chi connectivity index (χ2v) is 7.49. The summed E-state index contributed by atoms with van der Waals surface area (Å²) >= 11 is 2.13. The fourth-order valence-corrected chi connectivity index (χ4v) is 6.04. The molecule has 0 radical (unpaired) electrons. The molecule has 3 fully saturated rings. The average molecular weight is 268 g/mol. The van der Waals surface area contributed by atoms with Gasteiger partial charge in [0, 0.05) is 28.9 Å². The van der Waals surface area contributed by atoms with E-state index in [1.807, 2.05) is 0 Å². The van der Waals surface area contributed by atoms with E-state index in [0.29, 0.717) is 34.2 Å². The molecule has 0 aromatic rings. The number of carbonyl (C=O) groups is 1. The topological polar surface area (TPSA) is 26.3 Å². The summed E-state index contributed by atoms with van der Waals surface area (Å²) in [6.45, 7) is 2.88. The maximum atomic E-state index is 12.6. The lowest BCUT2D eigenvalue weighted by atomic mass is 9.75. The van der Waals surface area contributed by atoms with Gasteiger partial charge in [-0.25, -0.2) is 0 Å². The van der Waals surface area contributed by atoms with Crippen LogP contribution in [0.3, 0.4) is 0 Å². The first-order valence-corrected chi connectivity index (χ1v) is 8.54. The Morgan fingerprint density at radius 2 is 1.89 bits per heavy atom. The SMILES string of the molecule is CCOC1CCC2C(=O)C3CCCCC3SC2C1. The molecule has 3 aliphatic rings. The maximum Gasteiger partial charge on any atom is 0.141 e. The molecule has 0 amide bonds. The van der Waals surface area contributed by atoms with Gasteiger partial charge in [0.05, 0.1) is 6.10 Å². The Hall–Kier alpha value is -0.0200. The van der Waals surface area contributed by atoms with Crippen LogP contribution in [0.5, 0.6) is 0 Å². The van der Waals surface area contributed by atoms with Crippen molar-refractivity contribution < 1.29 is 9.53 Å². The molecular weight excluding hydrogens is 244 g/mol. The molecule has 0 aromatic heterocycles. The predicted molar refractivity (Wildman–Crippen MR) is 74.9 cm³/mol. The average Bonchev–Trinajstić information content (AvgIpc) is 2.39. The standard InChI is InChI=1S/C15H24O2S/c1-2-17-10-7-8-12-14(9-10)18-13-6-4-3-5-11(13)15(12)16/h10-14H,2-9H2,1H3. The Labute approximate surface area is 114 Å². The van der Waals surface area contributed by atoms with Gasteiger partial charge < -0.3 is 4.74 Å². The maximum absolute atomic E-state index is 12.6. The van der Waals surface area contributed by atoms with Crippen LogP contribution in [-0.4, -0.2) is 29.0 Å². The lowest BCUT2D eigenvalue weighted by molar-refractivity contribution is -0.129. The highest BCUT2D eigenvalue weighted by Gasteiger charge is 2.47. The number of ether oxygens (including phenoxy) is 1. The van der Waals surface area contributed by atoms with Crippen LogP contribution in [0.4, 0.5) is 0 Å². The summed E-state index contributed by atoms with van der Waals surface area (Å²) in [5.41, 5.74) is 0. The lowest BCUT2D eigenvalue weighted by Gasteiger charge is -2.45. The van der Waals surface area contributed by atoms with E-state index in [1.165, 1.54) is 19.3 Å². The van der Waals surface area contributed by atoms with E-state index in [-0.39, 0.29) is 0 Å². The van der Waals surface area contributed by atoms with Crippen molar-refractivity contribution in [1.29, 1.82) is 0 Å². The third-order valence-electron chi connectivity index (χ3n) is 4.93. The highest BCUT2D eigenvalue weighted by Crippen LogP contribution is 2.49. The second kappa shape index (κ2) is 5.54. The number of hydrogen-bond acceptors (Lipinski definition) is 3. The van der Waals surface area contributed by atoms with Crippen molar-refractivity contribution in [1.82, 2.24) is 0 Å². The summed E-state index contributed by atoms with van der Waals surface area (Å²) in [6.07, 6.45) is 8.72. The van der Waals surface area contributed by atoms with E-state index in [4.69, 9.17) is 4.74 Å². The minimum Gasteiger partial charge on any atom is -0.378 e. The molecule has 1 aliphatic heterocycles. The molecule has 5 atom stereocenters. The van der Waals surface area contributed by atoms with Gasteiger partial charge in [0.15, 0.2) is 0 Å². The van der Waals surface area contributed by atoms with Gasteiger partial charge in [-0.3, -0.25) is 4.79 Å². The minimum absolute atomic E-state index is 0.353. The summed E-state index contributed by atoms with van der Waals surface area (Å²) < 4.78 is 5.78. The number of fused-ring (bicyclic) bond motifs is 2. The van der Waals surface area contributed by atoms with Crippen LogP contribution in [-0.2, 0) is 9.53 Å². The molecule has 0 bridgehead atoms. The summed E-state index contributed by atoms with van der Waals surface area (Å²) in [5.74, 6) is 1.36. The molecule has 1 heterocycles. The summed E-state index contributed by atoms with van der Waals surface area (Å²) in [4.78, 5) is 12.6. The molecule has 3 rings (SSSR count). The van der Waals surface area contributed by atoms with Gasteiger partial charge in [0.2, 0.25) is 0 Å². The Morgan fingerprint density at radius 3 is 2.72 bits per heavy atom. The van der Waals surface area contributed by atoms with Crippen molar-refractivity contribution in [2.75, 3.05) is 6.61 Å². The van der Waals surface area contributed by atoms with Gasteiger partial charge in [-0.05, 0) is 39.0 Å². The van der Waals surface area contributed by atoms with Crippen LogP contribution in [0.1, 0.15) is 51.9 Å². The molecule has 0 N–H and O–H groups in total. The van der Waals surface area contributed by atoms with Gasteiger partial charge in [-0.2, -0.15) is 11.8 Å². The highest BCUT2D eigenvalue weighted by molar-refractivity contribution is 8.00. The highest BCUT2D eigenvalue weighted by atomic mass is 32.2. The van der Waals surface area contributed by atoms with E-state index in [9.17, 15) is 4.79 Å². The first-order chi connectivity index (χ1) is 8.79.